The van der Waals surface area contributed by atoms with E-state index in [1.807, 2.05) is 17.2 Å². The molecule has 0 fully saturated rings. The average Bonchev–Trinajstić information content (AvgIpc) is 3.58. The molecule has 8 aromatic rings. The zero-order chi connectivity index (χ0) is 48.4. The minimum absolute atomic E-state index is 0. The molecule has 0 spiro atoms. The number of hydrogen-bond acceptors (Lipinski definition) is 4. The fourth-order valence-electron chi connectivity index (χ4n) is 8.53. The van der Waals surface area contributed by atoms with E-state index in [2.05, 4.69) is 241 Å². The first-order valence-corrected chi connectivity index (χ1v) is 23.7. The zero-order valence-electron chi connectivity index (χ0n) is 42.9. The Labute approximate surface area is 421 Å². The maximum atomic E-state index is 6.83. The first-order chi connectivity index (χ1) is 31.2. The zero-order valence-corrected chi connectivity index (χ0v) is 45.2. The Morgan fingerprint density at radius 2 is 1.13 bits per heavy atom. The largest absolute Gasteiger partial charge is 0.515 e. The molecule has 2 heterocycles. The fourth-order valence-corrected chi connectivity index (χ4v) is 8.53. The monoisotopic (exact) mass is 1080 g/mol. The summed E-state index contributed by atoms with van der Waals surface area (Å²) in [6, 6.07) is 51.1. The van der Waals surface area contributed by atoms with E-state index in [1.165, 1.54) is 33.4 Å². The van der Waals surface area contributed by atoms with Crippen LogP contribution in [0.4, 0.5) is 22.7 Å². The second-order valence-corrected chi connectivity index (χ2v) is 23.5. The minimum Gasteiger partial charge on any atom is -0.515 e. The normalized spacial score (nSPS) is 12.6. The molecule has 356 valence electrons. The van der Waals surface area contributed by atoms with Gasteiger partial charge in [-0.3, -0.25) is 7.05 Å². The van der Waals surface area contributed by atoms with E-state index < -0.39 is 0 Å². The third-order valence-corrected chi connectivity index (χ3v) is 12.9. The number of pyridine rings is 1. The topological polar surface area (TPSA) is 42.3 Å². The van der Waals surface area contributed by atoms with Crippen LogP contribution in [-0.2, 0) is 48.1 Å². The summed E-state index contributed by atoms with van der Waals surface area (Å²) in [5.41, 5.74) is 13.8. The molecule has 5 nitrogen and oxygen atoms in total. The van der Waals surface area contributed by atoms with Gasteiger partial charge < -0.3 is 19.5 Å². The maximum Gasteiger partial charge on any atom is 0.135 e. The SMILES string of the molecule is [CH2-]N(c1[c-]c(Oc2[c-]c3c(cc2)c2ccccc2n3-c2cc(C(C)(C)C)ccn2)cc(C(C)(C)C)c1)c1cc(C(C)(C)C)ccc1Nc1cc(-c2ccc(C(C)(C)C)cc2)cc(C(C)(C)C)c1.[Pt]. The summed E-state index contributed by atoms with van der Waals surface area (Å²) in [6.07, 6.45) is 1.90. The molecule has 68 heavy (non-hydrogen) atoms. The van der Waals surface area contributed by atoms with Gasteiger partial charge in [-0.1, -0.05) is 164 Å². The van der Waals surface area contributed by atoms with Gasteiger partial charge >= 0.3 is 0 Å². The van der Waals surface area contributed by atoms with E-state index in [-0.39, 0.29) is 48.1 Å². The standard InChI is InChI=1S/C62H69N4O.Pt/c1-58(2,3)42-23-21-40(22-24-42)41-31-45(61(10,11)12)33-47(32-41)64-53-28-25-43(59(4,5)6)36-56(53)65(16)48-34-46(62(13,14)15)35-50(38-48)67-49-26-27-52-51-19-17-18-20-54(51)66(55(52)39-49)57-37-44(29-30-63-57)60(7,8)9;/h17-37,64H,16H2,1-15H3;/q-3;. The molecule has 8 rings (SSSR count). The molecule has 0 radical (unpaired) electrons. The van der Waals surface area contributed by atoms with Gasteiger partial charge in [-0.05, 0) is 108 Å². The number of benzene rings is 6. The van der Waals surface area contributed by atoms with Crippen LogP contribution in [0.25, 0.3) is 38.8 Å². The Hall–Kier alpha value is -5.64. The summed E-state index contributed by atoms with van der Waals surface area (Å²) < 4.78 is 9.03. The molecular formula is C62H69N4OPt-3. The van der Waals surface area contributed by atoms with Gasteiger partial charge in [-0.25, -0.2) is 4.98 Å². The number of nitrogens with zero attached hydrogens (tertiary/aromatic N) is 3. The molecule has 2 aromatic heterocycles. The summed E-state index contributed by atoms with van der Waals surface area (Å²) in [5.74, 6) is 2.03. The van der Waals surface area contributed by atoms with Crippen LogP contribution in [0.5, 0.6) is 11.5 Å². The van der Waals surface area contributed by atoms with Crippen molar-refractivity contribution < 1.29 is 25.8 Å². The van der Waals surface area contributed by atoms with Gasteiger partial charge in [0.1, 0.15) is 5.82 Å². The smallest absolute Gasteiger partial charge is 0.135 e. The van der Waals surface area contributed by atoms with Crippen molar-refractivity contribution in [3.05, 3.63) is 175 Å². The molecule has 0 bridgehead atoms. The molecule has 6 aromatic carbocycles. The molecule has 0 unspecified atom stereocenters. The van der Waals surface area contributed by atoms with E-state index >= 15 is 0 Å². The van der Waals surface area contributed by atoms with Gasteiger partial charge in [-0.2, -0.15) is 6.07 Å². The predicted octanol–water partition coefficient (Wildman–Crippen LogP) is 17.4. The number of hydrogen-bond donors (Lipinski definition) is 1. The Morgan fingerprint density at radius 3 is 1.78 bits per heavy atom. The molecular weight excluding hydrogens is 1010 g/mol. The van der Waals surface area contributed by atoms with Gasteiger partial charge in [0.2, 0.25) is 0 Å². The molecule has 0 saturated carbocycles. The molecule has 0 amide bonds. The number of para-hydroxylation sites is 1. The molecule has 0 aliphatic rings. The number of anilines is 4. The Kier molecular flexibility index (Phi) is 13.6. The quantitative estimate of drug-likeness (QED) is 0.154. The van der Waals surface area contributed by atoms with Gasteiger partial charge in [0, 0.05) is 55.7 Å². The van der Waals surface area contributed by atoms with Gasteiger partial charge in [-0.15, -0.1) is 47.0 Å². The second kappa shape index (κ2) is 18.4. The maximum absolute atomic E-state index is 6.83. The van der Waals surface area contributed by atoms with Crippen LogP contribution in [0, 0.1) is 19.2 Å². The molecule has 1 N–H and O–H groups in total. The van der Waals surface area contributed by atoms with Gasteiger partial charge in [0.05, 0.1) is 5.69 Å². The number of fused-ring (bicyclic) bond motifs is 3. The van der Waals surface area contributed by atoms with E-state index in [9.17, 15) is 0 Å². The molecule has 0 aliphatic carbocycles. The van der Waals surface area contributed by atoms with E-state index in [4.69, 9.17) is 16.8 Å². The van der Waals surface area contributed by atoms with Crippen molar-refractivity contribution in [2.75, 3.05) is 10.2 Å². The van der Waals surface area contributed by atoms with Crippen molar-refractivity contribution in [1.82, 2.24) is 9.55 Å². The van der Waals surface area contributed by atoms with Crippen molar-refractivity contribution in [3.63, 3.8) is 0 Å². The number of rotatable bonds is 8. The van der Waals surface area contributed by atoms with E-state index in [0.717, 1.165) is 55.9 Å². The predicted molar refractivity (Wildman–Crippen MR) is 285 cm³/mol. The number of ether oxygens (including phenoxy) is 1. The Bertz CT molecular complexity index is 3110. The Morgan fingerprint density at radius 1 is 0.529 bits per heavy atom. The van der Waals surface area contributed by atoms with E-state index in [1.54, 1.807) is 0 Å². The van der Waals surface area contributed by atoms with Crippen LogP contribution >= 0.6 is 0 Å². The molecule has 0 atom stereocenters. The van der Waals surface area contributed by atoms with Crippen LogP contribution in [0.1, 0.15) is 132 Å². The first kappa shape index (κ1) is 50.2. The van der Waals surface area contributed by atoms with Crippen LogP contribution in [0.15, 0.2) is 128 Å². The van der Waals surface area contributed by atoms with Crippen LogP contribution in [-0.4, -0.2) is 9.55 Å². The summed E-state index contributed by atoms with van der Waals surface area (Å²) in [6.45, 7) is 33.7. The van der Waals surface area contributed by atoms with Gasteiger partial charge in [0.15, 0.2) is 0 Å². The second-order valence-electron chi connectivity index (χ2n) is 23.5. The molecule has 0 saturated heterocycles. The van der Waals surface area contributed by atoms with Crippen LogP contribution < -0.4 is 15.0 Å². The number of aromatic nitrogens is 2. The third kappa shape index (κ3) is 10.6. The van der Waals surface area contributed by atoms with Crippen LogP contribution in [0.3, 0.4) is 0 Å². The first-order valence-electron chi connectivity index (χ1n) is 23.7. The van der Waals surface area contributed by atoms with Gasteiger partial charge in [0.25, 0.3) is 0 Å². The fraction of sp³-hybridized carbons (Fsp3) is 0.323. The van der Waals surface area contributed by atoms with E-state index in [0.29, 0.717) is 11.5 Å². The molecule has 0 aliphatic heterocycles. The summed E-state index contributed by atoms with van der Waals surface area (Å²) >= 11 is 0. The summed E-state index contributed by atoms with van der Waals surface area (Å²) in [7, 11) is 4.75. The van der Waals surface area contributed by atoms with Crippen molar-refractivity contribution in [1.29, 1.82) is 0 Å². The molecule has 6 heteroatoms. The summed E-state index contributed by atoms with van der Waals surface area (Å²) in [4.78, 5) is 6.88. The van der Waals surface area contributed by atoms with Crippen molar-refractivity contribution in [3.8, 4) is 28.4 Å². The summed E-state index contributed by atoms with van der Waals surface area (Å²) in [5, 5.41) is 6.10. The van der Waals surface area contributed by atoms with Crippen LogP contribution in [0.2, 0.25) is 0 Å². The Balaban J connectivity index is 0.00000684. The minimum atomic E-state index is -0.199. The average molecular weight is 1080 g/mol. The van der Waals surface area contributed by atoms with Crippen molar-refractivity contribution in [2.24, 2.45) is 0 Å². The number of nitrogens with one attached hydrogen (secondary N) is 1. The van der Waals surface area contributed by atoms with Crippen molar-refractivity contribution >= 4 is 44.6 Å². The third-order valence-electron chi connectivity index (χ3n) is 12.9. The van der Waals surface area contributed by atoms with Crippen molar-refractivity contribution in [2.45, 2.75) is 131 Å².